The van der Waals surface area contributed by atoms with E-state index in [1.807, 2.05) is 18.2 Å². The van der Waals surface area contributed by atoms with E-state index in [0.29, 0.717) is 5.56 Å². The van der Waals surface area contributed by atoms with Gasteiger partial charge >= 0.3 is 0 Å². The first-order valence-electron chi connectivity index (χ1n) is 5.95. The number of benzene rings is 1. The molecule has 0 aliphatic heterocycles. The van der Waals surface area contributed by atoms with Gasteiger partial charge in [0.25, 0.3) is 5.91 Å². The first kappa shape index (κ1) is 14.0. The predicted molar refractivity (Wildman–Crippen MR) is 76.1 cm³/mol. The number of carbonyl (C=O) groups excluding carboxylic acids is 1. The fourth-order valence-corrected chi connectivity index (χ4v) is 2.62. The summed E-state index contributed by atoms with van der Waals surface area (Å²) in [6.07, 6.45) is 1.65. The molecule has 0 saturated carbocycles. The van der Waals surface area contributed by atoms with E-state index in [2.05, 4.69) is 20.9 Å². The molecule has 0 bridgehead atoms. The highest BCUT2D eigenvalue weighted by Crippen LogP contribution is 2.27. The molecule has 1 heterocycles. The number of rotatable bonds is 5. The number of hydrogen-bond donors (Lipinski definition) is 3. The van der Waals surface area contributed by atoms with Gasteiger partial charge in [0, 0.05) is 34.7 Å². The van der Waals surface area contributed by atoms with Gasteiger partial charge in [0.1, 0.15) is 0 Å². The lowest BCUT2D eigenvalue weighted by atomic mass is 10.1. The van der Waals surface area contributed by atoms with Crippen molar-refractivity contribution in [2.45, 2.75) is 0 Å². The smallest absolute Gasteiger partial charge is 0.256 e. The molecule has 0 aliphatic rings. The van der Waals surface area contributed by atoms with Crippen LogP contribution in [0.4, 0.5) is 0 Å². The van der Waals surface area contributed by atoms with Crippen molar-refractivity contribution in [3.8, 4) is 0 Å². The van der Waals surface area contributed by atoms with Crippen LogP contribution in [0.2, 0.25) is 0 Å². The molecule has 0 saturated heterocycles. The first-order valence-corrected chi connectivity index (χ1v) is 6.75. The van der Waals surface area contributed by atoms with E-state index in [-0.39, 0.29) is 32.2 Å². The monoisotopic (exact) mass is 326 g/mol. The Labute approximate surface area is 119 Å². The summed E-state index contributed by atoms with van der Waals surface area (Å²) < 4.78 is 0.836. The van der Waals surface area contributed by atoms with Crippen molar-refractivity contribution in [2.75, 3.05) is 26.3 Å². The molecule has 1 aromatic heterocycles. The van der Waals surface area contributed by atoms with Crippen LogP contribution in [0.1, 0.15) is 10.4 Å². The zero-order valence-electron chi connectivity index (χ0n) is 10.3. The number of aliphatic hydroxyl groups is 2. The molecule has 19 heavy (non-hydrogen) atoms. The van der Waals surface area contributed by atoms with Crippen LogP contribution in [0, 0.1) is 0 Å². The number of halogens is 1. The molecule has 1 aromatic carbocycles. The Morgan fingerprint density at radius 1 is 1.26 bits per heavy atom. The summed E-state index contributed by atoms with van der Waals surface area (Å²) in [7, 11) is 0. The summed E-state index contributed by atoms with van der Waals surface area (Å²) in [5.74, 6) is -0.207. The van der Waals surface area contributed by atoms with Crippen molar-refractivity contribution in [1.82, 2.24) is 9.88 Å². The van der Waals surface area contributed by atoms with Crippen molar-refractivity contribution in [3.05, 3.63) is 34.4 Å². The molecule has 0 radical (unpaired) electrons. The minimum Gasteiger partial charge on any atom is -0.395 e. The van der Waals surface area contributed by atoms with Gasteiger partial charge in [0.2, 0.25) is 0 Å². The minimum absolute atomic E-state index is 0.130. The van der Waals surface area contributed by atoms with E-state index >= 15 is 0 Å². The average Bonchev–Trinajstić information content (AvgIpc) is 2.83. The second kappa shape index (κ2) is 6.18. The largest absolute Gasteiger partial charge is 0.395 e. The number of carbonyl (C=O) groups is 1. The summed E-state index contributed by atoms with van der Waals surface area (Å²) >= 11 is 3.43. The molecule has 102 valence electrons. The molecule has 2 aromatic rings. The first-order chi connectivity index (χ1) is 9.19. The number of H-pyrrole nitrogens is 1. The second-order valence-corrected chi connectivity index (χ2v) is 4.96. The highest BCUT2D eigenvalue weighted by molar-refractivity contribution is 9.10. The van der Waals surface area contributed by atoms with Gasteiger partial charge in [-0.05, 0) is 12.1 Å². The molecule has 0 unspecified atom stereocenters. The highest BCUT2D eigenvalue weighted by Gasteiger charge is 2.19. The lowest BCUT2D eigenvalue weighted by Crippen LogP contribution is -2.35. The average molecular weight is 327 g/mol. The summed E-state index contributed by atoms with van der Waals surface area (Å²) in [5, 5.41) is 18.8. The number of aliphatic hydroxyl groups excluding tert-OH is 2. The van der Waals surface area contributed by atoms with Crippen LogP contribution in [0.3, 0.4) is 0 Å². The van der Waals surface area contributed by atoms with Crippen molar-refractivity contribution in [1.29, 1.82) is 0 Å². The van der Waals surface area contributed by atoms with Crippen molar-refractivity contribution >= 4 is 32.7 Å². The molecule has 0 fully saturated rings. The SMILES string of the molecule is O=C(c1c[nH]c2cccc(Br)c12)N(CCO)CCO. The fraction of sp³-hybridized carbons (Fsp3) is 0.308. The summed E-state index contributed by atoms with van der Waals surface area (Å²) in [4.78, 5) is 16.9. The Hall–Kier alpha value is -1.37. The number of hydrogen-bond acceptors (Lipinski definition) is 3. The molecular weight excluding hydrogens is 312 g/mol. The number of amides is 1. The van der Waals surface area contributed by atoms with E-state index in [1.165, 1.54) is 4.90 Å². The van der Waals surface area contributed by atoms with Crippen LogP contribution < -0.4 is 0 Å². The summed E-state index contributed by atoms with van der Waals surface area (Å²) in [6.45, 7) is 0.150. The molecule has 0 atom stereocenters. The zero-order valence-corrected chi connectivity index (χ0v) is 11.9. The molecule has 1 amide bonds. The zero-order chi connectivity index (χ0) is 13.8. The Bertz CT molecular complexity index is 576. The normalized spacial score (nSPS) is 10.9. The third-order valence-corrected chi connectivity index (χ3v) is 3.57. The lowest BCUT2D eigenvalue weighted by molar-refractivity contribution is 0.0687. The van der Waals surface area contributed by atoms with Gasteiger partial charge in [0.15, 0.2) is 0 Å². The van der Waals surface area contributed by atoms with Crippen molar-refractivity contribution in [3.63, 3.8) is 0 Å². The van der Waals surface area contributed by atoms with E-state index in [9.17, 15) is 4.79 Å². The molecule has 3 N–H and O–H groups in total. The summed E-state index contributed by atoms with van der Waals surface area (Å²) in [5.41, 5.74) is 1.40. The van der Waals surface area contributed by atoms with Crippen LogP contribution in [0.15, 0.2) is 28.9 Å². The molecule has 0 aliphatic carbocycles. The third-order valence-electron chi connectivity index (χ3n) is 2.91. The van der Waals surface area contributed by atoms with Gasteiger partial charge in [-0.15, -0.1) is 0 Å². The van der Waals surface area contributed by atoms with Crippen molar-refractivity contribution in [2.24, 2.45) is 0 Å². The maximum absolute atomic E-state index is 12.4. The van der Waals surface area contributed by atoms with E-state index in [4.69, 9.17) is 10.2 Å². The minimum atomic E-state index is -0.207. The quantitative estimate of drug-likeness (QED) is 0.776. The molecule has 5 nitrogen and oxygen atoms in total. The van der Waals surface area contributed by atoms with Crippen LogP contribution >= 0.6 is 15.9 Å². The molecule has 2 rings (SSSR count). The molecule has 6 heteroatoms. The van der Waals surface area contributed by atoms with Gasteiger partial charge in [-0.2, -0.15) is 0 Å². The van der Waals surface area contributed by atoms with Gasteiger partial charge in [-0.25, -0.2) is 0 Å². The van der Waals surface area contributed by atoms with Gasteiger partial charge in [-0.3, -0.25) is 4.79 Å². The highest BCUT2D eigenvalue weighted by atomic mass is 79.9. The standard InChI is InChI=1S/C13H15BrN2O3/c14-10-2-1-3-11-12(10)9(8-15-11)13(19)16(4-6-17)5-7-18/h1-3,8,15,17-18H,4-7H2. The van der Waals surface area contributed by atoms with E-state index in [1.54, 1.807) is 6.20 Å². The molecule has 0 spiro atoms. The number of nitrogens with zero attached hydrogens (tertiary/aromatic N) is 1. The lowest BCUT2D eigenvalue weighted by Gasteiger charge is -2.20. The Morgan fingerprint density at radius 2 is 1.95 bits per heavy atom. The number of nitrogens with one attached hydrogen (secondary N) is 1. The number of fused-ring (bicyclic) bond motifs is 1. The van der Waals surface area contributed by atoms with Gasteiger partial charge in [0.05, 0.1) is 18.8 Å². The molecular formula is C13H15BrN2O3. The summed E-state index contributed by atoms with van der Waals surface area (Å²) in [6, 6.07) is 5.64. The van der Waals surface area contributed by atoms with E-state index < -0.39 is 0 Å². The number of aromatic nitrogens is 1. The maximum atomic E-state index is 12.4. The Kier molecular flexibility index (Phi) is 4.57. The van der Waals surface area contributed by atoms with Gasteiger partial charge in [-0.1, -0.05) is 22.0 Å². The van der Waals surface area contributed by atoms with Crippen molar-refractivity contribution < 1.29 is 15.0 Å². The third kappa shape index (κ3) is 2.80. The Morgan fingerprint density at radius 3 is 2.58 bits per heavy atom. The maximum Gasteiger partial charge on any atom is 0.256 e. The van der Waals surface area contributed by atoms with Crippen LogP contribution in [0.25, 0.3) is 10.9 Å². The van der Waals surface area contributed by atoms with Crippen LogP contribution in [0.5, 0.6) is 0 Å². The van der Waals surface area contributed by atoms with Crippen LogP contribution in [-0.2, 0) is 0 Å². The second-order valence-electron chi connectivity index (χ2n) is 4.10. The topological polar surface area (TPSA) is 76.6 Å². The predicted octanol–water partition coefficient (Wildman–Crippen LogP) is 1.36. The number of aromatic amines is 1. The van der Waals surface area contributed by atoms with Crippen LogP contribution in [-0.4, -0.2) is 52.3 Å². The van der Waals surface area contributed by atoms with E-state index in [0.717, 1.165) is 15.4 Å². The van der Waals surface area contributed by atoms with Gasteiger partial charge < -0.3 is 20.1 Å². The Balaban J connectivity index is 2.40. The fourth-order valence-electron chi connectivity index (χ4n) is 2.04.